The molecule has 3 amide bonds. The molecule has 4 heterocycles. The number of carbonyl (C=O) groups is 4. The summed E-state index contributed by atoms with van der Waals surface area (Å²) in [6.07, 6.45) is 2.04. The highest BCUT2D eigenvalue weighted by Crippen LogP contribution is 2.34. The third kappa shape index (κ3) is 6.85. The number of hydrogen-bond acceptors (Lipinski definition) is 8. The van der Waals surface area contributed by atoms with E-state index in [1.807, 2.05) is 54.6 Å². The lowest BCUT2D eigenvalue weighted by molar-refractivity contribution is -0.155. The maximum absolute atomic E-state index is 13.3. The fourth-order valence-corrected chi connectivity index (χ4v) is 7.07. The molecule has 11 heteroatoms. The number of likely N-dealkylation sites (tertiary alicyclic amines) is 1. The average molecular weight is 639 g/mol. The van der Waals surface area contributed by atoms with Crippen LogP contribution in [0.4, 0.5) is 5.82 Å². The van der Waals surface area contributed by atoms with Gasteiger partial charge in [0.15, 0.2) is 0 Å². The van der Waals surface area contributed by atoms with Gasteiger partial charge in [-0.3, -0.25) is 24.1 Å². The zero-order valence-electron chi connectivity index (χ0n) is 27.1. The van der Waals surface area contributed by atoms with Gasteiger partial charge in [0.05, 0.1) is 5.69 Å². The molecular formula is C36H42N6O5. The van der Waals surface area contributed by atoms with E-state index < -0.39 is 23.5 Å². The van der Waals surface area contributed by atoms with Crippen LogP contribution in [-0.4, -0.2) is 80.2 Å². The van der Waals surface area contributed by atoms with E-state index in [0.29, 0.717) is 23.6 Å². The molecule has 11 nitrogen and oxygen atoms in total. The zero-order valence-corrected chi connectivity index (χ0v) is 27.1. The molecule has 0 radical (unpaired) electrons. The van der Waals surface area contributed by atoms with E-state index in [1.54, 1.807) is 26.8 Å². The van der Waals surface area contributed by atoms with Crippen molar-refractivity contribution < 1.29 is 23.9 Å². The number of piperazine rings is 1. The summed E-state index contributed by atoms with van der Waals surface area (Å²) in [5, 5.41) is 0. The molecule has 47 heavy (non-hydrogen) atoms. The van der Waals surface area contributed by atoms with Gasteiger partial charge in [0.25, 0.3) is 11.8 Å². The van der Waals surface area contributed by atoms with E-state index in [1.165, 1.54) is 4.90 Å². The molecular weight excluding hydrogens is 596 g/mol. The quantitative estimate of drug-likeness (QED) is 0.336. The number of benzene rings is 2. The van der Waals surface area contributed by atoms with Crippen LogP contribution in [0, 0.1) is 0 Å². The minimum atomic E-state index is -0.938. The lowest BCUT2D eigenvalue weighted by Crippen LogP contribution is -2.55. The number of nitrogens with zero attached hydrogens (tertiary/aromatic N) is 4. The van der Waals surface area contributed by atoms with Crippen LogP contribution in [0.3, 0.4) is 0 Å². The SMILES string of the molecule is CC(C)(C)OC(=O)CCC(C(N)=O)N1Cc2cc(-c3ccc(CN4CC5CCC(C4)N5C(=O)c4ccccc4)c(N)n3)ccc2C1=O. The summed E-state index contributed by atoms with van der Waals surface area (Å²) in [5.41, 5.74) is 15.9. The van der Waals surface area contributed by atoms with Crippen molar-refractivity contribution in [2.45, 2.75) is 83.3 Å². The molecule has 3 unspecified atom stereocenters. The van der Waals surface area contributed by atoms with E-state index in [0.717, 1.165) is 48.2 Å². The van der Waals surface area contributed by atoms with Gasteiger partial charge in [-0.05, 0) is 75.9 Å². The average Bonchev–Trinajstić information content (AvgIpc) is 3.49. The van der Waals surface area contributed by atoms with E-state index in [4.69, 9.17) is 21.2 Å². The Balaban J connectivity index is 1.10. The molecule has 3 aliphatic rings. The summed E-state index contributed by atoms with van der Waals surface area (Å²) >= 11 is 0. The van der Waals surface area contributed by atoms with Crippen molar-refractivity contribution in [3.05, 3.63) is 82.9 Å². The van der Waals surface area contributed by atoms with Crippen LogP contribution < -0.4 is 11.5 Å². The minimum absolute atomic E-state index is 0.0331. The minimum Gasteiger partial charge on any atom is -0.460 e. The van der Waals surface area contributed by atoms with Gasteiger partial charge in [-0.25, -0.2) is 4.98 Å². The van der Waals surface area contributed by atoms with Gasteiger partial charge < -0.3 is 26.0 Å². The summed E-state index contributed by atoms with van der Waals surface area (Å²) in [6.45, 7) is 7.72. The number of hydrogen-bond donors (Lipinski definition) is 2. The first kappa shape index (κ1) is 32.2. The Labute approximate surface area is 274 Å². The van der Waals surface area contributed by atoms with E-state index in [-0.39, 0.29) is 43.3 Å². The number of rotatable bonds is 9. The second-order valence-electron chi connectivity index (χ2n) is 13.7. The van der Waals surface area contributed by atoms with Gasteiger partial charge in [-0.2, -0.15) is 0 Å². The van der Waals surface area contributed by atoms with Gasteiger partial charge in [0, 0.05) is 66.9 Å². The van der Waals surface area contributed by atoms with E-state index in [2.05, 4.69) is 9.80 Å². The van der Waals surface area contributed by atoms with Crippen LogP contribution in [0.1, 0.15) is 78.3 Å². The number of ether oxygens (including phenoxy) is 1. The van der Waals surface area contributed by atoms with Crippen LogP contribution in [-0.2, 0) is 27.4 Å². The molecule has 4 N–H and O–H groups in total. The molecule has 3 aromatic rings. The normalized spacial score (nSPS) is 19.9. The highest BCUT2D eigenvalue weighted by molar-refractivity contribution is 6.01. The number of aromatic nitrogens is 1. The summed E-state index contributed by atoms with van der Waals surface area (Å²) in [7, 11) is 0. The molecule has 6 rings (SSSR count). The summed E-state index contributed by atoms with van der Waals surface area (Å²) in [6, 6.07) is 18.3. The molecule has 1 aromatic heterocycles. The number of nitrogen functional groups attached to an aromatic ring is 1. The van der Waals surface area contributed by atoms with Crippen molar-refractivity contribution in [1.82, 2.24) is 19.7 Å². The van der Waals surface area contributed by atoms with Gasteiger partial charge in [-0.15, -0.1) is 0 Å². The lowest BCUT2D eigenvalue weighted by atomic mass is 10.0. The first-order chi connectivity index (χ1) is 22.4. The van der Waals surface area contributed by atoms with Crippen LogP contribution in [0.5, 0.6) is 0 Å². The molecule has 0 aliphatic carbocycles. The molecule has 2 aromatic carbocycles. The second-order valence-corrected chi connectivity index (χ2v) is 13.7. The number of pyridine rings is 1. The van der Waals surface area contributed by atoms with Gasteiger partial charge in [0.2, 0.25) is 5.91 Å². The standard InChI is InChI=1S/C36H42N6O5/c1-36(2,3)47-31(43)16-15-30(33(38)44)41-19-25-17-23(9-13-28(25)35(41)46)29-14-10-24(32(37)39-29)18-40-20-26-11-12-27(21-40)42(26)34(45)22-7-5-4-6-8-22/h4-10,13-14,17,26-27,30H,11-12,15-16,18-21H2,1-3H3,(H2,37,39)(H2,38,44). The molecule has 2 saturated heterocycles. The Morgan fingerprint density at radius 1 is 1.00 bits per heavy atom. The van der Waals surface area contributed by atoms with Crippen molar-refractivity contribution >= 4 is 29.5 Å². The predicted octanol–water partition coefficient (Wildman–Crippen LogP) is 3.75. The number of nitrogens with two attached hydrogens (primary N) is 2. The number of fused-ring (bicyclic) bond motifs is 3. The van der Waals surface area contributed by atoms with Crippen LogP contribution in [0.2, 0.25) is 0 Å². The van der Waals surface area contributed by atoms with Gasteiger partial charge in [-0.1, -0.05) is 30.3 Å². The highest BCUT2D eigenvalue weighted by Gasteiger charge is 2.43. The Morgan fingerprint density at radius 2 is 1.70 bits per heavy atom. The Morgan fingerprint density at radius 3 is 2.34 bits per heavy atom. The molecule has 0 saturated carbocycles. The lowest BCUT2D eigenvalue weighted by Gasteiger charge is -2.41. The van der Waals surface area contributed by atoms with E-state index >= 15 is 0 Å². The largest absolute Gasteiger partial charge is 0.460 e. The smallest absolute Gasteiger partial charge is 0.306 e. The molecule has 2 fully saturated rings. The third-order valence-corrected chi connectivity index (χ3v) is 9.20. The molecule has 3 aliphatic heterocycles. The number of carbonyl (C=O) groups excluding carboxylic acids is 4. The fourth-order valence-electron chi connectivity index (χ4n) is 7.07. The highest BCUT2D eigenvalue weighted by atomic mass is 16.6. The summed E-state index contributed by atoms with van der Waals surface area (Å²) in [5.74, 6) is -0.880. The van der Waals surface area contributed by atoms with Gasteiger partial charge in [0.1, 0.15) is 17.5 Å². The predicted molar refractivity (Wildman–Crippen MR) is 177 cm³/mol. The summed E-state index contributed by atoms with van der Waals surface area (Å²) in [4.78, 5) is 61.7. The van der Waals surface area contributed by atoms with Crippen molar-refractivity contribution in [2.75, 3.05) is 18.8 Å². The molecule has 2 bridgehead atoms. The number of anilines is 1. The Bertz CT molecular complexity index is 1690. The molecule has 3 atom stereocenters. The van der Waals surface area contributed by atoms with Crippen LogP contribution in [0.15, 0.2) is 60.7 Å². The number of amides is 3. The van der Waals surface area contributed by atoms with E-state index in [9.17, 15) is 19.2 Å². The number of esters is 1. The Kier molecular flexibility index (Phi) is 8.76. The Hall–Kier alpha value is -4.77. The van der Waals surface area contributed by atoms with Gasteiger partial charge >= 0.3 is 5.97 Å². The van der Waals surface area contributed by atoms with Crippen LogP contribution >= 0.6 is 0 Å². The maximum Gasteiger partial charge on any atom is 0.306 e. The molecule has 246 valence electrons. The third-order valence-electron chi connectivity index (χ3n) is 9.20. The fraction of sp³-hybridized carbons (Fsp3) is 0.417. The first-order valence-corrected chi connectivity index (χ1v) is 16.2. The topological polar surface area (TPSA) is 152 Å². The zero-order chi connectivity index (χ0) is 33.5. The number of primary amides is 1. The van der Waals surface area contributed by atoms with Crippen molar-refractivity contribution in [3.8, 4) is 11.3 Å². The summed E-state index contributed by atoms with van der Waals surface area (Å²) < 4.78 is 5.36. The van der Waals surface area contributed by atoms with Crippen LogP contribution in [0.25, 0.3) is 11.3 Å². The van der Waals surface area contributed by atoms with Crippen molar-refractivity contribution in [3.63, 3.8) is 0 Å². The molecule has 0 spiro atoms. The van der Waals surface area contributed by atoms with Crippen molar-refractivity contribution in [1.29, 1.82) is 0 Å². The second kappa shape index (κ2) is 12.8. The monoisotopic (exact) mass is 638 g/mol. The van der Waals surface area contributed by atoms with Crippen molar-refractivity contribution in [2.24, 2.45) is 5.73 Å². The first-order valence-electron chi connectivity index (χ1n) is 16.2. The maximum atomic E-state index is 13.3.